The Morgan fingerprint density at radius 1 is 1.14 bits per heavy atom. The number of hydrogen-bond acceptors (Lipinski definition) is 5. The van der Waals surface area contributed by atoms with Gasteiger partial charge >= 0.3 is 12.0 Å². The Bertz CT molecular complexity index is 937. The summed E-state index contributed by atoms with van der Waals surface area (Å²) in [5.41, 5.74) is 2.41. The summed E-state index contributed by atoms with van der Waals surface area (Å²) >= 11 is 0. The zero-order chi connectivity index (χ0) is 21.1. The van der Waals surface area contributed by atoms with Crippen LogP contribution in [0.2, 0.25) is 0 Å². The van der Waals surface area contributed by atoms with Gasteiger partial charge in [0.15, 0.2) is 11.8 Å². The minimum atomic E-state index is -1.17. The van der Waals surface area contributed by atoms with Gasteiger partial charge in [-0.2, -0.15) is 5.10 Å². The normalized spacial score (nSPS) is 13.7. The van der Waals surface area contributed by atoms with Crippen molar-refractivity contribution in [2.24, 2.45) is 0 Å². The molecule has 1 aliphatic rings. The van der Waals surface area contributed by atoms with Crippen LogP contribution in [0.25, 0.3) is 5.69 Å². The van der Waals surface area contributed by atoms with Crippen LogP contribution >= 0.6 is 0 Å². The van der Waals surface area contributed by atoms with E-state index in [0.717, 1.165) is 24.1 Å². The monoisotopic (exact) mass is 402 g/mol. The third-order valence-corrected chi connectivity index (χ3v) is 4.50. The summed E-state index contributed by atoms with van der Waals surface area (Å²) in [4.78, 5) is 36.4. The molecule has 0 saturated heterocycles. The second-order valence-electron chi connectivity index (χ2n) is 7.18. The molecule has 0 bridgehead atoms. The predicted molar refractivity (Wildman–Crippen MR) is 102 cm³/mol. The standard InChI is InChI=1S/C20H23FN4O4/c1-11(2)22-20(28)23-18(26)12(3)29-19(27)17-15-5-4-6-16(15)25(24-17)14-9-7-13(21)8-10-14/h7-12H,4-6H2,1-3H3,(H2,22,23,26,28)/t12-/m1/s1. The van der Waals surface area contributed by atoms with E-state index in [0.29, 0.717) is 12.1 Å². The molecule has 3 amide bonds. The Morgan fingerprint density at radius 3 is 2.48 bits per heavy atom. The van der Waals surface area contributed by atoms with Gasteiger partial charge in [0.1, 0.15) is 5.82 Å². The smallest absolute Gasteiger partial charge is 0.359 e. The lowest BCUT2D eigenvalue weighted by Gasteiger charge is -2.14. The summed E-state index contributed by atoms with van der Waals surface area (Å²) < 4.78 is 20.1. The molecule has 1 aliphatic carbocycles. The van der Waals surface area contributed by atoms with E-state index in [1.807, 2.05) is 0 Å². The van der Waals surface area contributed by atoms with Crippen LogP contribution in [0.1, 0.15) is 48.9 Å². The first-order valence-electron chi connectivity index (χ1n) is 9.45. The number of nitrogens with zero attached hydrogens (tertiary/aromatic N) is 2. The number of urea groups is 1. The number of halogens is 1. The van der Waals surface area contributed by atoms with E-state index in [4.69, 9.17) is 4.74 Å². The molecule has 29 heavy (non-hydrogen) atoms. The van der Waals surface area contributed by atoms with Gasteiger partial charge in [0.25, 0.3) is 5.91 Å². The number of benzene rings is 1. The molecule has 1 atom stereocenters. The first-order chi connectivity index (χ1) is 13.8. The zero-order valence-corrected chi connectivity index (χ0v) is 16.5. The highest BCUT2D eigenvalue weighted by Gasteiger charge is 2.30. The van der Waals surface area contributed by atoms with Crippen LogP contribution in [0.4, 0.5) is 9.18 Å². The lowest BCUT2D eigenvalue weighted by Crippen LogP contribution is -2.46. The highest BCUT2D eigenvalue weighted by molar-refractivity contribution is 5.98. The van der Waals surface area contributed by atoms with E-state index in [1.54, 1.807) is 30.7 Å². The van der Waals surface area contributed by atoms with Gasteiger partial charge in [-0.1, -0.05) is 0 Å². The van der Waals surface area contributed by atoms with Gasteiger partial charge in [0, 0.05) is 17.3 Å². The molecule has 0 fully saturated rings. The molecule has 0 radical (unpaired) electrons. The molecule has 2 aromatic rings. The second kappa shape index (κ2) is 8.42. The SMILES string of the molecule is CC(C)NC(=O)NC(=O)[C@@H](C)OC(=O)c1nn(-c2ccc(F)cc2)c2c1CCC2. The number of aromatic nitrogens is 2. The Balaban J connectivity index is 1.74. The molecule has 154 valence electrons. The molecule has 8 nitrogen and oxygen atoms in total. The highest BCUT2D eigenvalue weighted by atomic mass is 19.1. The summed E-state index contributed by atoms with van der Waals surface area (Å²) in [5, 5.41) is 9.00. The van der Waals surface area contributed by atoms with Crippen molar-refractivity contribution in [1.29, 1.82) is 0 Å². The number of imide groups is 1. The van der Waals surface area contributed by atoms with Crippen molar-refractivity contribution < 1.29 is 23.5 Å². The van der Waals surface area contributed by atoms with E-state index in [-0.39, 0.29) is 17.6 Å². The summed E-state index contributed by atoms with van der Waals surface area (Å²) in [6.07, 6.45) is 1.09. The molecule has 0 saturated carbocycles. The molecule has 0 spiro atoms. The van der Waals surface area contributed by atoms with Crippen LogP contribution in [0.15, 0.2) is 24.3 Å². The number of hydrogen-bond donors (Lipinski definition) is 2. The third-order valence-electron chi connectivity index (χ3n) is 4.50. The average Bonchev–Trinajstić information content (AvgIpc) is 3.24. The predicted octanol–water partition coefficient (Wildman–Crippen LogP) is 2.28. The van der Waals surface area contributed by atoms with Crippen molar-refractivity contribution in [3.63, 3.8) is 0 Å². The fourth-order valence-corrected chi connectivity index (χ4v) is 3.18. The fourth-order valence-electron chi connectivity index (χ4n) is 3.18. The number of fused-ring (bicyclic) bond motifs is 1. The van der Waals surface area contributed by atoms with Crippen molar-refractivity contribution in [2.75, 3.05) is 0 Å². The van der Waals surface area contributed by atoms with Gasteiger partial charge < -0.3 is 10.1 Å². The maximum Gasteiger partial charge on any atom is 0.359 e. The first-order valence-corrected chi connectivity index (χ1v) is 9.45. The lowest BCUT2D eigenvalue weighted by atomic mass is 10.2. The first kappa shape index (κ1) is 20.5. The molecule has 2 N–H and O–H groups in total. The fraction of sp³-hybridized carbons (Fsp3) is 0.400. The van der Waals surface area contributed by atoms with Crippen molar-refractivity contribution >= 4 is 17.9 Å². The Morgan fingerprint density at radius 2 is 1.83 bits per heavy atom. The maximum absolute atomic E-state index is 13.2. The summed E-state index contributed by atoms with van der Waals surface area (Å²) in [6.45, 7) is 4.89. The molecule has 3 rings (SSSR count). The van der Waals surface area contributed by atoms with Crippen molar-refractivity contribution in [1.82, 2.24) is 20.4 Å². The van der Waals surface area contributed by atoms with Crippen molar-refractivity contribution in [3.8, 4) is 5.69 Å². The van der Waals surface area contributed by atoms with Gasteiger partial charge in [0.2, 0.25) is 0 Å². The number of carbonyl (C=O) groups excluding carboxylic acids is 3. The van der Waals surface area contributed by atoms with Crippen LogP contribution in [-0.2, 0) is 22.4 Å². The lowest BCUT2D eigenvalue weighted by molar-refractivity contribution is -0.127. The second-order valence-corrected chi connectivity index (χ2v) is 7.18. The zero-order valence-electron chi connectivity index (χ0n) is 16.5. The molecule has 1 aromatic carbocycles. The molecule has 1 heterocycles. The number of rotatable bonds is 5. The average molecular weight is 402 g/mol. The van der Waals surface area contributed by atoms with Crippen LogP contribution in [0, 0.1) is 5.82 Å². The summed E-state index contributed by atoms with van der Waals surface area (Å²) in [7, 11) is 0. The van der Waals surface area contributed by atoms with E-state index < -0.39 is 24.0 Å². The molecule has 0 aliphatic heterocycles. The van der Waals surface area contributed by atoms with Crippen LogP contribution in [0.5, 0.6) is 0 Å². The molecule has 1 aromatic heterocycles. The van der Waals surface area contributed by atoms with Gasteiger partial charge in [-0.25, -0.2) is 18.7 Å². The number of ether oxygens (including phenoxy) is 1. The summed E-state index contributed by atoms with van der Waals surface area (Å²) in [6, 6.07) is 5.02. The number of carbonyl (C=O) groups is 3. The summed E-state index contributed by atoms with van der Waals surface area (Å²) in [5.74, 6) is -1.83. The minimum Gasteiger partial charge on any atom is -0.448 e. The van der Waals surface area contributed by atoms with E-state index in [1.165, 1.54) is 19.1 Å². The van der Waals surface area contributed by atoms with E-state index in [2.05, 4.69) is 15.7 Å². The van der Waals surface area contributed by atoms with Gasteiger partial charge in [-0.3, -0.25) is 10.1 Å². The van der Waals surface area contributed by atoms with Gasteiger partial charge in [0.05, 0.1) is 5.69 Å². The Labute approximate surface area is 167 Å². The highest BCUT2D eigenvalue weighted by Crippen LogP contribution is 2.28. The minimum absolute atomic E-state index is 0.133. The molecular weight excluding hydrogens is 379 g/mol. The number of amides is 3. The van der Waals surface area contributed by atoms with E-state index >= 15 is 0 Å². The van der Waals surface area contributed by atoms with Crippen molar-refractivity contribution in [3.05, 3.63) is 47.0 Å². The van der Waals surface area contributed by atoms with Crippen molar-refractivity contribution in [2.45, 2.75) is 52.2 Å². The van der Waals surface area contributed by atoms with Crippen LogP contribution in [-0.4, -0.2) is 39.8 Å². The topological polar surface area (TPSA) is 102 Å². The maximum atomic E-state index is 13.2. The number of esters is 1. The van der Waals surface area contributed by atoms with Gasteiger partial charge in [-0.05, 0) is 64.3 Å². The Kier molecular flexibility index (Phi) is 5.95. The number of nitrogens with one attached hydrogen (secondary N) is 2. The largest absolute Gasteiger partial charge is 0.448 e. The molecule has 0 unspecified atom stereocenters. The molecule has 9 heteroatoms. The third kappa shape index (κ3) is 4.61. The molecular formula is C20H23FN4O4. The van der Waals surface area contributed by atoms with Crippen LogP contribution in [0.3, 0.4) is 0 Å². The van der Waals surface area contributed by atoms with E-state index in [9.17, 15) is 18.8 Å². The Hall–Kier alpha value is -3.23. The van der Waals surface area contributed by atoms with Gasteiger partial charge in [-0.15, -0.1) is 0 Å². The van der Waals surface area contributed by atoms with Crippen LogP contribution < -0.4 is 10.6 Å². The quantitative estimate of drug-likeness (QED) is 0.747.